The first-order valence-electron chi connectivity index (χ1n) is 8.04. The van der Waals surface area contributed by atoms with E-state index >= 15 is 0 Å². The van der Waals surface area contributed by atoms with E-state index in [0.29, 0.717) is 5.69 Å². The predicted molar refractivity (Wildman–Crippen MR) is 118 cm³/mol. The van der Waals surface area contributed by atoms with Gasteiger partial charge in [-0.3, -0.25) is 9.59 Å². The standard InChI is InChI=1S/C18H13Br2N3O4S2/c19-11-5-7-12(8-6-11)29(26,27)15-9-21-18(23-17(15)25)28-10-16(24)22-14-4-2-1-3-13(14)20/h1-9H,10H2,(H,22,24)(H,21,23,25). The first-order valence-corrected chi connectivity index (χ1v) is 12.1. The Hall–Kier alpha value is -1.95. The number of H-pyrrole nitrogens is 1. The lowest BCUT2D eigenvalue weighted by Gasteiger charge is -2.07. The molecule has 0 saturated heterocycles. The van der Waals surface area contributed by atoms with Gasteiger partial charge < -0.3 is 10.3 Å². The molecule has 3 aromatic rings. The van der Waals surface area contributed by atoms with E-state index < -0.39 is 20.3 Å². The number of benzene rings is 2. The van der Waals surface area contributed by atoms with Crippen LogP contribution in [0.2, 0.25) is 0 Å². The van der Waals surface area contributed by atoms with Crippen molar-refractivity contribution in [2.45, 2.75) is 14.9 Å². The van der Waals surface area contributed by atoms with Crippen LogP contribution in [0.4, 0.5) is 5.69 Å². The number of aromatic amines is 1. The molecule has 0 aliphatic heterocycles. The molecule has 0 fully saturated rings. The van der Waals surface area contributed by atoms with Crippen LogP contribution in [-0.4, -0.2) is 30.0 Å². The maximum atomic E-state index is 12.6. The molecule has 2 N–H and O–H groups in total. The van der Waals surface area contributed by atoms with E-state index in [-0.39, 0.29) is 21.7 Å². The lowest BCUT2D eigenvalue weighted by atomic mass is 10.3. The molecule has 1 amide bonds. The van der Waals surface area contributed by atoms with Crippen molar-refractivity contribution >= 4 is 65.1 Å². The van der Waals surface area contributed by atoms with Gasteiger partial charge >= 0.3 is 0 Å². The molecule has 0 saturated carbocycles. The van der Waals surface area contributed by atoms with Gasteiger partial charge in [-0.1, -0.05) is 39.8 Å². The van der Waals surface area contributed by atoms with E-state index in [1.165, 1.54) is 12.1 Å². The molecule has 150 valence electrons. The Morgan fingerprint density at radius 1 is 1.10 bits per heavy atom. The largest absolute Gasteiger partial charge is 0.324 e. The molecule has 3 rings (SSSR count). The number of carbonyl (C=O) groups excluding carboxylic acids is 1. The van der Waals surface area contributed by atoms with E-state index in [4.69, 9.17) is 0 Å². The van der Waals surface area contributed by atoms with Crippen molar-refractivity contribution < 1.29 is 13.2 Å². The SMILES string of the molecule is O=C(CSc1ncc(S(=O)(=O)c2ccc(Br)cc2)c(=O)[nH]1)Nc1ccccc1Br. The van der Waals surface area contributed by atoms with Crippen molar-refractivity contribution in [1.82, 2.24) is 9.97 Å². The van der Waals surface area contributed by atoms with Gasteiger partial charge in [0.05, 0.1) is 22.5 Å². The number of nitrogens with one attached hydrogen (secondary N) is 2. The molecule has 29 heavy (non-hydrogen) atoms. The van der Waals surface area contributed by atoms with Crippen LogP contribution in [0.1, 0.15) is 0 Å². The molecule has 0 atom stereocenters. The lowest BCUT2D eigenvalue weighted by Crippen LogP contribution is -2.20. The van der Waals surface area contributed by atoms with Crippen LogP contribution in [0.15, 0.2) is 83.4 Å². The van der Waals surface area contributed by atoms with E-state index in [1.807, 2.05) is 6.07 Å². The van der Waals surface area contributed by atoms with Crippen molar-refractivity contribution in [2.75, 3.05) is 11.1 Å². The summed E-state index contributed by atoms with van der Waals surface area (Å²) in [5.74, 6) is -0.306. The van der Waals surface area contributed by atoms with Crippen LogP contribution >= 0.6 is 43.6 Å². The quantitative estimate of drug-likeness (QED) is 0.351. The average molecular weight is 559 g/mol. The van der Waals surface area contributed by atoms with Crippen LogP contribution < -0.4 is 10.9 Å². The summed E-state index contributed by atoms with van der Waals surface area (Å²) in [5.41, 5.74) is -0.174. The summed E-state index contributed by atoms with van der Waals surface area (Å²) in [4.78, 5) is 30.3. The molecule has 0 radical (unpaired) electrons. The Labute approximate surface area is 187 Å². The number of hydrogen-bond acceptors (Lipinski definition) is 6. The molecule has 11 heteroatoms. The lowest BCUT2D eigenvalue weighted by molar-refractivity contribution is -0.113. The van der Waals surface area contributed by atoms with Crippen LogP contribution in [-0.2, 0) is 14.6 Å². The van der Waals surface area contributed by atoms with Gasteiger partial charge in [-0.2, -0.15) is 0 Å². The molecule has 0 spiro atoms. The summed E-state index contributed by atoms with van der Waals surface area (Å²) in [5, 5.41) is 2.88. The highest BCUT2D eigenvalue weighted by atomic mass is 79.9. The monoisotopic (exact) mass is 557 g/mol. The van der Waals surface area contributed by atoms with Gasteiger partial charge in [-0.25, -0.2) is 13.4 Å². The minimum Gasteiger partial charge on any atom is -0.324 e. The normalized spacial score (nSPS) is 11.2. The smallest absolute Gasteiger partial charge is 0.270 e. The zero-order valence-corrected chi connectivity index (χ0v) is 19.4. The number of nitrogens with zero attached hydrogens (tertiary/aromatic N) is 1. The van der Waals surface area contributed by atoms with Crippen molar-refractivity contribution in [3.05, 3.63) is 74.0 Å². The molecule has 7 nitrogen and oxygen atoms in total. The highest BCUT2D eigenvalue weighted by molar-refractivity contribution is 9.10. The van der Waals surface area contributed by atoms with Gasteiger partial charge in [-0.05, 0) is 52.3 Å². The molecule has 0 aliphatic carbocycles. The second kappa shape index (κ2) is 9.24. The number of thioether (sulfide) groups is 1. The molecule has 0 aliphatic rings. The van der Waals surface area contributed by atoms with E-state index in [1.54, 1.807) is 30.3 Å². The molecular formula is C18H13Br2N3O4S2. The van der Waals surface area contributed by atoms with Crippen molar-refractivity contribution in [2.24, 2.45) is 0 Å². The van der Waals surface area contributed by atoms with Gasteiger partial charge in [-0.15, -0.1) is 0 Å². The van der Waals surface area contributed by atoms with Crippen LogP contribution in [0.5, 0.6) is 0 Å². The van der Waals surface area contributed by atoms with E-state index in [0.717, 1.165) is 26.9 Å². The number of halogens is 2. The van der Waals surface area contributed by atoms with Gasteiger partial charge in [0.25, 0.3) is 5.56 Å². The summed E-state index contributed by atoms with van der Waals surface area (Å²) in [6.45, 7) is 0. The van der Waals surface area contributed by atoms with Gasteiger partial charge in [0.2, 0.25) is 15.7 Å². The number of hydrogen-bond donors (Lipinski definition) is 2. The third kappa shape index (κ3) is 5.35. The van der Waals surface area contributed by atoms with Crippen LogP contribution in [0.3, 0.4) is 0 Å². The maximum Gasteiger partial charge on any atom is 0.270 e. The number of aromatic nitrogens is 2. The number of rotatable bonds is 6. The molecule has 1 aromatic heterocycles. The fraction of sp³-hybridized carbons (Fsp3) is 0.0556. The fourth-order valence-corrected chi connectivity index (χ4v) is 4.77. The first kappa shape index (κ1) is 21.8. The summed E-state index contributed by atoms with van der Waals surface area (Å²) in [6, 6.07) is 13.1. The highest BCUT2D eigenvalue weighted by Crippen LogP contribution is 2.23. The molecule has 1 heterocycles. The van der Waals surface area contributed by atoms with Crippen molar-refractivity contribution in [1.29, 1.82) is 0 Å². The molecule has 0 bridgehead atoms. The highest BCUT2D eigenvalue weighted by Gasteiger charge is 2.22. The minimum atomic E-state index is -4.00. The summed E-state index contributed by atoms with van der Waals surface area (Å²) >= 11 is 7.56. The fourth-order valence-electron chi connectivity index (χ4n) is 2.26. The number of amides is 1. The van der Waals surface area contributed by atoms with Crippen molar-refractivity contribution in [3.8, 4) is 0 Å². The van der Waals surface area contributed by atoms with Gasteiger partial charge in [0, 0.05) is 8.95 Å². The van der Waals surface area contributed by atoms with Gasteiger partial charge in [0.15, 0.2) is 10.1 Å². The predicted octanol–water partition coefficient (Wildman–Crippen LogP) is 3.86. The molecule has 0 unspecified atom stereocenters. The van der Waals surface area contributed by atoms with Gasteiger partial charge in [0.1, 0.15) is 0 Å². The second-order valence-electron chi connectivity index (χ2n) is 5.66. The minimum absolute atomic E-state index is 0.0108. The number of para-hydroxylation sites is 1. The molecular weight excluding hydrogens is 546 g/mol. The Balaban J connectivity index is 1.71. The zero-order chi connectivity index (χ0) is 21.0. The average Bonchev–Trinajstić information content (AvgIpc) is 2.68. The Morgan fingerprint density at radius 3 is 2.45 bits per heavy atom. The Kier molecular flexibility index (Phi) is 6.93. The number of anilines is 1. The maximum absolute atomic E-state index is 12.6. The van der Waals surface area contributed by atoms with Crippen LogP contribution in [0, 0.1) is 0 Å². The van der Waals surface area contributed by atoms with E-state index in [2.05, 4.69) is 47.1 Å². The Morgan fingerprint density at radius 2 is 1.79 bits per heavy atom. The third-order valence-electron chi connectivity index (χ3n) is 3.64. The number of carbonyl (C=O) groups is 1. The third-order valence-corrected chi connectivity index (χ3v) is 7.51. The zero-order valence-electron chi connectivity index (χ0n) is 14.6. The van der Waals surface area contributed by atoms with E-state index in [9.17, 15) is 18.0 Å². The summed E-state index contributed by atoms with van der Waals surface area (Å²) in [6.07, 6.45) is 1.00. The first-order chi connectivity index (χ1) is 13.8. The second-order valence-corrected chi connectivity index (χ2v) is 10.3. The summed E-state index contributed by atoms with van der Waals surface area (Å²) in [7, 11) is -4.00. The summed E-state index contributed by atoms with van der Waals surface area (Å²) < 4.78 is 26.7. The van der Waals surface area contributed by atoms with Crippen LogP contribution in [0.25, 0.3) is 0 Å². The molecule has 2 aromatic carbocycles. The Bertz CT molecular complexity index is 1210. The topological polar surface area (TPSA) is 109 Å². The van der Waals surface area contributed by atoms with Crippen molar-refractivity contribution in [3.63, 3.8) is 0 Å². The number of sulfone groups is 1.